The van der Waals surface area contributed by atoms with Crippen LogP contribution in [0.2, 0.25) is 5.02 Å². The van der Waals surface area contributed by atoms with E-state index in [9.17, 15) is 24.8 Å². The zero-order chi connectivity index (χ0) is 19.7. The summed E-state index contributed by atoms with van der Waals surface area (Å²) in [5, 5.41) is 27.2. The molecule has 1 heterocycles. The van der Waals surface area contributed by atoms with Gasteiger partial charge in [-0.3, -0.25) is 14.9 Å². The summed E-state index contributed by atoms with van der Waals surface area (Å²) in [5.41, 5.74) is 0.946. The molecule has 0 saturated carbocycles. The van der Waals surface area contributed by atoms with Gasteiger partial charge in [-0.25, -0.2) is 0 Å². The summed E-state index contributed by atoms with van der Waals surface area (Å²) in [6.07, 6.45) is 1.49. The lowest BCUT2D eigenvalue weighted by molar-refractivity contribution is -0.384. The Bertz CT molecular complexity index is 1050. The Balaban J connectivity index is 1.97. The zero-order valence-electron chi connectivity index (χ0n) is 13.9. The molecule has 0 spiro atoms. The van der Waals surface area contributed by atoms with Crippen LogP contribution < -0.4 is 10.1 Å². The highest BCUT2D eigenvalue weighted by Crippen LogP contribution is 2.28. The van der Waals surface area contributed by atoms with Gasteiger partial charge in [0.05, 0.1) is 27.9 Å². The maximum Gasteiger partial charge on any atom is 0.280 e. The Morgan fingerprint density at radius 1 is 1.26 bits per heavy atom. The Hall–Kier alpha value is -3.52. The van der Waals surface area contributed by atoms with Crippen molar-refractivity contribution >= 4 is 46.6 Å². The van der Waals surface area contributed by atoms with Crippen LogP contribution in [0.1, 0.15) is 22.8 Å². The molecule has 0 radical (unpaired) electrons. The minimum absolute atomic E-state index is 0.0153. The van der Waals surface area contributed by atoms with E-state index in [-0.39, 0.29) is 27.5 Å². The average Bonchev–Trinajstić information content (AvgIpc) is 2.90. The number of hydrogen-bond donors (Lipinski definition) is 0. The fourth-order valence-corrected chi connectivity index (χ4v) is 2.75. The minimum atomic E-state index is -1.47. The van der Waals surface area contributed by atoms with Gasteiger partial charge in [0.15, 0.2) is 0 Å². The van der Waals surface area contributed by atoms with E-state index < -0.39 is 16.8 Å². The number of halogens is 1. The third-order valence-electron chi connectivity index (χ3n) is 3.87. The highest BCUT2D eigenvalue weighted by molar-refractivity contribution is 6.34. The van der Waals surface area contributed by atoms with E-state index in [2.05, 4.69) is 5.10 Å². The Kier molecular flexibility index (Phi) is 4.74. The van der Waals surface area contributed by atoms with Crippen molar-refractivity contribution in [1.82, 2.24) is 0 Å². The van der Waals surface area contributed by atoms with Crippen molar-refractivity contribution < 1.29 is 19.6 Å². The van der Waals surface area contributed by atoms with Crippen molar-refractivity contribution in [1.29, 1.82) is 0 Å². The number of hydrazone groups is 1. The van der Waals surface area contributed by atoms with Crippen molar-refractivity contribution in [3.05, 3.63) is 74.3 Å². The van der Waals surface area contributed by atoms with Crippen molar-refractivity contribution in [3.8, 4) is 0 Å². The minimum Gasteiger partial charge on any atom is -0.545 e. The Morgan fingerprint density at radius 2 is 2.00 bits per heavy atom. The molecule has 27 heavy (non-hydrogen) atoms. The lowest BCUT2D eigenvalue weighted by Gasteiger charge is -2.14. The summed E-state index contributed by atoms with van der Waals surface area (Å²) < 4.78 is 0. The Labute approximate surface area is 158 Å². The molecule has 2 aromatic carbocycles. The molecule has 8 nitrogen and oxygen atoms in total. The number of carbonyl (C=O) groups excluding carboxylic acids is 2. The summed E-state index contributed by atoms with van der Waals surface area (Å²) >= 11 is 5.81. The molecule has 3 rings (SSSR count). The fraction of sp³-hybridized carbons (Fsp3) is 0.0556. The number of anilines is 1. The molecule has 0 atom stereocenters. The third kappa shape index (κ3) is 3.56. The van der Waals surface area contributed by atoms with E-state index in [1.165, 1.54) is 42.5 Å². The summed E-state index contributed by atoms with van der Waals surface area (Å²) in [6, 6.07) is 9.82. The van der Waals surface area contributed by atoms with Gasteiger partial charge < -0.3 is 9.90 Å². The molecule has 0 bridgehead atoms. The normalized spacial score (nSPS) is 15.2. The first-order valence-corrected chi connectivity index (χ1v) is 8.03. The highest BCUT2D eigenvalue weighted by Gasteiger charge is 2.29. The van der Waals surface area contributed by atoms with E-state index in [4.69, 9.17) is 11.6 Å². The number of benzene rings is 2. The number of carbonyl (C=O) groups is 2. The van der Waals surface area contributed by atoms with Crippen LogP contribution in [0.5, 0.6) is 0 Å². The van der Waals surface area contributed by atoms with Gasteiger partial charge in [-0.1, -0.05) is 23.7 Å². The molecule has 2 aromatic rings. The first-order valence-electron chi connectivity index (χ1n) is 7.65. The van der Waals surface area contributed by atoms with E-state index in [1.54, 1.807) is 13.0 Å². The number of aromatic carboxylic acids is 1. The molecule has 1 aliphatic heterocycles. The average molecular weight is 385 g/mol. The van der Waals surface area contributed by atoms with Gasteiger partial charge in [-0.15, -0.1) is 0 Å². The summed E-state index contributed by atoms with van der Waals surface area (Å²) in [5.74, 6) is -1.97. The predicted molar refractivity (Wildman–Crippen MR) is 97.5 cm³/mol. The molecular formula is C18H11ClN3O5-. The lowest BCUT2D eigenvalue weighted by Crippen LogP contribution is -2.25. The summed E-state index contributed by atoms with van der Waals surface area (Å²) in [6.45, 7) is 1.61. The molecular weight excluding hydrogens is 374 g/mol. The van der Waals surface area contributed by atoms with Crippen LogP contribution in [0.25, 0.3) is 6.08 Å². The molecule has 1 amide bonds. The number of carboxylic acids is 1. The molecule has 0 saturated heterocycles. The zero-order valence-corrected chi connectivity index (χ0v) is 14.6. The molecule has 0 aliphatic carbocycles. The topological polar surface area (TPSA) is 116 Å². The van der Waals surface area contributed by atoms with Crippen LogP contribution in [-0.4, -0.2) is 22.5 Å². The quantitative estimate of drug-likeness (QED) is 0.456. The maximum absolute atomic E-state index is 12.7. The first kappa shape index (κ1) is 18.3. The van der Waals surface area contributed by atoms with Gasteiger partial charge in [0.2, 0.25) is 0 Å². The smallest absolute Gasteiger partial charge is 0.280 e. The first-order chi connectivity index (χ1) is 12.8. The number of non-ortho nitro benzene ring substituents is 1. The molecule has 1 aliphatic rings. The number of nitrogens with zero attached hydrogens (tertiary/aromatic N) is 3. The summed E-state index contributed by atoms with van der Waals surface area (Å²) in [7, 11) is 0. The van der Waals surface area contributed by atoms with Gasteiger partial charge in [-0.05, 0) is 36.8 Å². The number of carboxylic acid groups (broad SMARTS) is 1. The van der Waals surface area contributed by atoms with Crippen LogP contribution in [0.15, 0.2) is 53.1 Å². The van der Waals surface area contributed by atoms with Crippen LogP contribution in [0.3, 0.4) is 0 Å². The third-order valence-corrected chi connectivity index (χ3v) is 4.20. The standard InChI is InChI=1S/C18H12ClN3O5/c1-10-14(8-11-3-2-4-13(7-11)22(26)27)17(23)21(20-10)12-5-6-16(19)15(9-12)18(24)25/h2-9H,1H3,(H,24,25)/p-1/b14-8-. The number of rotatable bonds is 4. The van der Waals surface area contributed by atoms with Crippen LogP contribution >= 0.6 is 11.6 Å². The van der Waals surface area contributed by atoms with Crippen molar-refractivity contribution in [2.24, 2.45) is 5.10 Å². The number of hydrogen-bond acceptors (Lipinski definition) is 6. The second-order valence-corrected chi connectivity index (χ2v) is 6.07. The SMILES string of the molecule is CC1=NN(c2ccc(Cl)c(C(=O)[O-])c2)C(=O)/C1=C\c1cccc([N+](=O)[O-])c1. The second kappa shape index (κ2) is 7.00. The lowest BCUT2D eigenvalue weighted by atomic mass is 10.1. The molecule has 0 fully saturated rings. The molecule has 0 aromatic heterocycles. The predicted octanol–water partition coefficient (Wildman–Crippen LogP) is 2.42. The van der Waals surface area contributed by atoms with Gasteiger partial charge >= 0.3 is 0 Å². The van der Waals surface area contributed by atoms with Crippen LogP contribution in [0.4, 0.5) is 11.4 Å². The van der Waals surface area contributed by atoms with E-state index >= 15 is 0 Å². The van der Waals surface area contributed by atoms with Crippen LogP contribution in [0, 0.1) is 10.1 Å². The van der Waals surface area contributed by atoms with Gasteiger partial charge in [-0.2, -0.15) is 10.1 Å². The summed E-state index contributed by atoms with van der Waals surface area (Å²) in [4.78, 5) is 34.2. The number of nitro benzene ring substituents is 1. The second-order valence-electron chi connectivity index (χ2n) is 5.66. The van der Waals surface area contributed by atoms with Crippen LogP contribution in [-0.2, 0) is 4.79 Å². The van der Waals surface area contributed by atoms with E-state index in [0.29, 0.717) is 11.3 Å². The fourth-order valence-electron chi connectivity index (χ4n) is 2.56. The van der Waals surface area contributed by atoms with Gasteiger partial charge in [0, 0.05) is 22.7 Å². The largest absolute Gasteiger partial charge is 0.545 e. The highest BCUT2D eigenvalue weighted by atomic mass is 35.5. The Morgan fingerprint density at radius 3 is 2.67 bits per heavy atom. The van der Waals surface area contributed by atoms with E-state index in [0.717, 1.165) is 5.01 Å². The number of nitro groups is 1. The van der Waals surface area contributed by atoms with Crippen molar-refractivity contribution in [3.63, 3.8) is 0 Å². The molecule has 136 valence electrons. The van der Waals surface area contributed by atoms with Crippen molar-refractivity contribution in [2.45, 2.75) is 6.92 Å². The van der Waals surface area contributed by atoms with E-state index in [1.807, 2.05) is 0 Å². The van der Waals surface area contributed by atoms with Gasteiger partial charge in [0.1, 0.15) is 0 Å². The number of amides is 1. The van der Waals surface area contributed by atoms with Crippen molar-refractivity contribution in [2.75, 3.05) is 5.01 Å². The monoisotopic (exact) mass is 384 g/mol. The molecule has 0 N–H and O–H groups in total. The maximum atomic E-state index is 12.7. The molecule has 0 unspecified atom stereocenters. The van der Waals surface area contributed by atoms with Gasteiger partial charge in [0.25, 0.3) is 11.6 Å². The molecule has 9 heteroatoms.